The van der Waals surface area contributed by atoms with Crippen molar-refractivity contribution in [1.82, 2.24) is 0 Å². The van der Waals surface area contributed by atoms with E-state index in [0.29, 0.717) is 0 Å². The van der Waals surface area contributed by atoms with Gasteiger partial charge in [0.2, 0.25) is 0 Å². The zero-order chi connectivity index (χ0) is 12.8. The van der Waals surface area contributed by atoms with Crippen LogP contribution in [0.3, 0.4) is 0 Å². The fourth-order valence-corrected chi connectivity index (χ4v) is 1.95. The van der Waals surface area contributed by atoms with Gasteiger partial charge in [-0.25, -0.2) is 0 Å². The van der Waals surface area contributed by atoms with Crippen LogP contribution < -0.4 is 0 Å². The van der Waals surface area contributed by atoms with E-state index in [9.17, 15) is 0 Å². The Labute approximate surface area is 105 Å². The Balaban J connectivity index is 0. The van der Waals surface area contributed by atoms with E-state index in [0.717, 1.165) is 12.1 Å². The fourth-order valence-electron chi connectivity index (χ4n) is 0.965. The first-order valence-electron chi connectivity index (χ1n) is 6.02. The fraction of sp³-hybridized carbons (Fsp3) is 0.500. The first kappa shape index (κ1) is 17.6. The van der Waals surface area contributed by atoms with Gasteiger partial charge >= 0.3 is 0 Å². The summed E-state index contributed by atoms with van der Waals surface area (Å²) < 4.78 is 0. The van der Waals surface area contributed by atoms with Crippen LogP contribution in [0.5, 0.6) is 0 Å². The van der Waals surface area contributed by atoms with Crippen LogP contribution in [0.25, 0.3) is 0 Å². The Morgan fingerprint density at radius 3 is 2.44 bits per heavy atom. The molecule has 1 aliphatic rings. The van der Waals surface area contributed by atoms with Crippen molar-refractivity contribution in [2.75, 3.05) is 5.75 Å². The predicted molar refractivity (Wildman–Crippen MR) is 80.3 cm³/mol. The summed E-state index contributed by atoms with van der Waals surface area (Å²) in [6, 6.07) is 0. The molecule has 0 radical (unpaired) electrons. The molecule has 1 heterocycles. The van der Waals surface area contributed by atoms with E-state index in [2.05, 4.69) is 24.2 Å². The van der Waals surface area contributed by atoms with Gasteiger partial charge in [0.25, 0.3) is 0 Å². The van der Waals surface area contributed by atoms with E-state index in [4.69, 9.17) is 0 Å². The summed E-state index contributed by atoms with van der Waals surface area (Å²) in [5.41, 5.74) is 0.861. The van der Waals surface area contributed by atoms with Crippen molar-refractivity contribution in [1.29, 1.82) is 0 Å². The zero-order valence-electron chi connectivity index (χ0n) is 11.1. The minimum atomic E-state index is 0.861. The van der Waals surface area contributed by atoms with Gasteiger partial charge in [-0.2, -0.15) is 0 Å². The van der Waals surface area contributed by atoms with Crippen LogP contribution in [0.15, 0.2) is 40.9 Å². The van der Waals surface area contributed by atoms with E-state index in [1.807, 2.05) is 39.5 Å². The molecular formula is C14H25NS. The maximum Gasteiger partial charge on any atom is 0.0690 e. The number of thioether (sulfide) groups is 1. The molecule has 0 saturated heterocycles. The maximum absolute atomic E-state index is 4.14. The van der Waals surface area contributed by atoms with Crippen molar-refractivity contribution in [3.63, 3.8) is 0 Å². The highest BCUT2D eigenvalue weighted by molar-refractivity contribution is 8.03. The second-order valence-corrected chi connectivity index (χ2v) is 3.66. The molecule has 0 amide bonds. The van der Waals surface area contributed by atoms with Gasteiger partial charge in [0, 0.05) is 11.1 Å². The van der Waals surface area contributed by atoms with Crippen molar-refractivity contribution in [3.05, 3.63) is 35.9 Å². The number of nitrogens with zero attached hydrogens (tertiary/aromatic N) is 1. The van der Waals surface area contributed by atoms with E-state index in [-0.39, 0.29) is 0 Å². The summed E-state index contributed by atoms with van der Waals surface area (Å²) in [5, 5.41) is 0. The predicted octanol–water partition coefficient (Wildman–Crippen LogP) is 5.22. The number of allylic oxidation sites excluding steroid dienone is 2. The summed E-state index contributed by atoms with van der Waals surface area (Å²) in [6.07, 6.45) is 7.98. The molecule has 0 fully saturated rings. The molecule has 0 aromatic rings. The number of aliphatic imine (C=N–C) groups is 1. The van der Waals surface area contributed by atoms with Gasteiger partial charge in [0.05, 0.1) is 5.70 Å². The van der Waals surface area contributed by atoms with E-state index >= 15 is 0 Å². The van der Waals surface area contributed by atoms with Gasteiger partial charge in [-0.15, -0.1) is 11.8 Å². The molecule has 1 aliphatic heterocycles. The lowest BCUT2D eigenvalue weighted by molar-refractivity contribution is 0.958. The Bertz CT molecular complexity index is 239. The van der Waals surface area contributed by atoms with Crippen LogP contribution in [0.4, 0.5) is 0 Å². The quantitative estimate of drug-likeness (QED) is 0.615. The molecule has 16 heavy (non-hydrogen) atoms. The molecule has 0 spiro atoms. The zero-order valence-corrected chi connectivity index (χ0v) is 11.9. The van der Waals surface area contributed by atoms with Crippen molar-refractivity contribution < 1.29 is 0 Å². The van der Waals surface area contributed by atoms with Crippen molar-refractivity contribution in [2.24, 2.45) is 4.99 Å². The van der Waals surface area contributed by atoms with E-state index in [1.54, 1.807) is 12.3 Å². The normalized spacial score (nSPS) is 13.9. The van der Waals surface area contributed by atoms with Gasteiger partial charge in [-0.3, -0.25) is 4.99 Å². The van der Waals surface area contributed by atoms with Crippen molar-refractivity contribution in [3.8, 4) is 0 Å². The molecule has 0 aromatic carbocycles. The molecule has 0 N–H and O–H groups in total. The molecule has 0 unspecified atom stereocenters. The second-order valence-electron chi connectivity index (χ2n) is 2.52. The number of hydrogen-bond donors (Lipinski definition) is 0. The van der Waals surface area contributed by atoms with Gasteiger partial charge in [-0.1, -0.05) is 53.0 Å². The third-order valence-electron chi connectivity index (χ3n) is 1.56. The SMILES string of the molecule is C=CC=NC(=C)C1=CCCCS1.CC.CC. The molecule has 0 bridgehead atoms. The first-order valence-corrected chi connectivity index (χ1v) is 7.00. The molecule has 1 rings (SSSR count). The van der Waals surface area contributed by atoms with Crippen LogP contribution in [0.1, 0.15) is 40.5 Å². The lowest BCUT2D eigenvalue weighted by Crippen LogP contribution is -1.91. The summed E-state index contributed by atoms with van der Waals surface area (Å²) >= 11 is 1.84. The van der Waals surface area contributed by atoms with Gasteiger partial charge in [-0.05, 0) is 18.6 Å². The molecule has 0 atom stereocenters. The molecule has 0 saturated carbocycles. The maximum atomic E-state index is 4.14. The Morgan fingerprint density at radius 1 is 1.38 bits per heavy atom. The molecule has 0 aromatic heterocycles. The average Bonchev–Trinajstić information content (AvgIpc) is 2.41. The third-order valence-corrected chi connectivity index (χ3v) is 2.76. The lowest BCUT2D eigenvalue weighted by atomic mass is 10.3. The first-order chi connectivity index (χ1) is 7.84. The van der Waals surface area contributed by atoms with Gasteiger partial charge in [0.15, 0.2) is 0 Å². The van der Waals surface area contributed by atoms with Crippen LogP contribution in [-0.4, -0.2) is 12.0 Å². The van der Waals surface area contributed by atoms with E-state index < -0.39 is 0 Å². The summed E-state index contributed by atoms with van der Waals surface area (Å²) in [4.78, 5) is 5.36. The molecule has 0 aliphatic carbocycles. The topological polar surface area (TPSA) is 12.4 Å². The minimum absolute atomic E-state index is 0.861. The standard InChI is InChI=1S/C10H13NS.2C2H6/c1-3-7-11-9(2)10-6-4-5-8-12-10;2*1-2/h3,6-7H,1-2,4-5,8H2;2*1-2H3. The number of rotatable bonds is 3. The van der Waals surface area contributed by atoms with Crippen LogP contribution in [0, 0.1) is 0 Å². The third kappa shape index (κ3) is 8.54. The summed E-state index contributed by atoms with van der Waals surface area (Å²) in [7, 11) is 0. The molecule has 1 nitrogen and oxygen atoms in total. The van der Waals surface area contributed by atoms with Crippen molar-refractivity contribution >= 4 is 18.0 Å². The number of hydrogen-bond acceptors (Lipinski definition) is 2. The highest BCUT2D eigenvalue weighted by Gasteiger charge is 2.05. The Kier molecular flexibility index (Phi) is 15.7. The Hall–Kier alpha value is -0.760. The van der Waals surface area contributed by atoms with Crippen LogP contribution in [-0.2, 0) is 0 Å². The van der Waals surface area contributed by atoms with Crippen LogP contribution >= 0.6 is 11.8 Å². The summed E-state index contributed by atoms with van der Waals surface area (Å²) in [6.45, 7) is 15.4. The van der Waals surface area contributed by atoms with Crippen molar-refractivity contribution in [2.45, 2.75) is 40.5 Å². The smallest absolute Gasteiger partial charge is 0.0690 e. The largest absolute Gasteiger partial charge is 0.256 e. The van der Waals surface area contributed by atoms with Gasteiger partial charge in [0.1, 0.15) is 0 Å². The van der Waals surface area contributed by atoms with Crippen LogP contribution in [0.2, 0.25) is 0 Å². The lowest BCUT2D eigenvalue weighted by Gasteiger charge is -2.10. The molecular weight excluding hydrogens is 214 g/mol. The molecule has 92 valence electrons. The highest BCUT2D eigenvalue weighted by atomic mass is 32.2. The monoisotopic (exact) mass is 239 g/mol. The summed E-state index contributed by atoms with van der Waals surface area (Å²) in [5.74, 6) is 1.19. The van der Waals surface area contributed by atoms with E-state index in [1.165, 1.54) is 17.1 Å². The highest BCUT2D eigenvalue weighted by Crippen LogP contribution is 2.29. The van der Waals surface area contributed by atoms with Gasteiger partial charge < -0.3 is 0 Å². The average molecular weight is 239 g/mol. The Morgan fingerprint density at radius 2 is 2.00 bits per heavy atom. The minimum Gasteiger partial charge on any atom is -0.256 e. The second kappa shape index (κ2) is 14.2. The molecule has 2 heteroatoms.